The minimum absolute atomic E-state index is 0.0255. The summed E-state index contributed by atoms with van der Waals surface area (Å²) in [7, 11) is 0. The first-order valence-electron chi connectivity index (χ1n) is 6.52. The molecule has 0 aromatic carbocycles. The van der Waals surface area contributed by atoms with Gasteiger partial charge in [-0.15, -0.1) is 0 Å². The van der Waals surface area contributed by atoms with Crippen molar-refractivity contribution in [3.8, 4) is 0 Å². The highest BCUT2D eigenvalue weighted by Crippen LogP contribution is 2.03. The smallest absolute Gasteiger partial charge is 0.332 e. The number of carbonyl (C=O) groups excluding carboxylic acids is 1. The Morgan fingerprint density at radius 1 is 1.40 bits per heavy atom. The Morgan fingerprint density at radius 2 is 2.15 bits per heavy atom. The monoisotopic (exact) mass is 285 g/mol. The molecule has 1 heterocycles. The van der Waals surface area contributed by atoms with E-state index >= 15 is 0 Å². The predicted molar refractivity (Wildman–Crippen MR) is 67.9 cm³/mol. The number of carbonyl (C=O) groups is 2. The van der Waals surface area contributed by atoms with Gasteiger partial charge in [-0.1, -0.05) is 12.1 Å². The van der Waals surface area contributed by atoms with E-state index in [0.29, 0.717) is 18.1 Å². The number of aliphatic carboxylic acids is 1. The third-order valence-corrected chi connectivity index (χ3v) is 2.57. The normalized spacial score (nSPS) is 12.1. The summed E-state index contributed by atoms with van der Waals surface area (Å²) in [5, 5.41) is 23.8. The number of carboxylic acid groups (broad SMARTS) is 1. The van der Waals surface area contributed by atoms with Gasteiger partial charge in [0.25, 0.3) is 0 Å². The highest BCUT2D eigenvalue weighted by atomic mass is 16.5. The molecule has 0 aliphatic carbocycles. The summed E-state index contributed by atoms with van der Waals surface area (Å²) in [6.45, 7) is 2.12. The van der Waals surface area contributed by atoms with Crippen LogP contribution in [0.1, 0.15) is 37.9 Å². The van der Waals surface area contributed by atoms with Gasteiger partial charge in [0.2, 0.25) is 11.8 Å². The van der Waals surface area contributed by atoms with Crippen LogP contribution in [0.4, 0.5) is 0 Å². The van der Waals surface area contributed by atoms with Crippen LogP contribution >= 0.6 is 0 Å². The largest absolute Gasteiger partial charge is 0.479 e. The summed E-state index contributed by atoms with van der Waals surface area (Å²) in [5.74, 6) is -0.506. The van der Waals surface area contributed by atoms with E-state index in [9.17, 15) is 9.59 Å². The number of aliphatic hydroxyl groups excluding tert-OH is 1. The first kappa shape index (κ1) is 16.1. The number of aryl methyl sites for hydroxylation is 2. The average molecular weight is 285 g/mol. The lowest BCUT2D eigenvalue weighted by atomic mass is 10.2. The highest BCUT2D eigenvalue weighted by Gasteiger charge is 2.13. The van der Waals surface area contributed by atoms with Gasteiger partial charge in [0, 0.05) is 32.2 Å². The van der Waals surface area contributed by atoms with Crippen LogP contribution in [0.3, 0.4) is 0 Å². The topological polar surface area (TPSA) is 126 Å². The third-order valence-electron chi connectivity index (χ3n) is 2.57. The molecular formula is C12H19N3O5. The first-order chi connectivity index (χ1) is 9.52. The molecular weight excluding hydrogens is 266 g/mol. The number of hydrogen-bond acceptors (Lipinski definition) is 6. The predicted octanol–water partition coefficient (Wildman–Crippen LogP) is -0.0935. The van der Waals surface area contributed by atoms with Gasteiger partial charge >= 0.3 is 5.97 Å². The van der Waals surface area contributed by atoms with Crippen molar-refractivity contribution in [1.29, 1.82) is 0 Å². The molecule has 1 aromatic rings. The van der Waals surface area contributed by atoms with Crippen molar-refractivity contribution in [2.75, 3.05) is 6.54 Å². The highest BCUT2D eigenvalue weighted by molar-refractivity contribution is 5.76. The van der Waals surface area contributed by atoms with Gasteiger partial charge in [0.15, 0.2) is 11.9 Å². The number of nitrogens with zero attached hydrogens (tertiary/aromatic N) is 2. The molecule has 0 radical (unpaired) electrons. The Morgan fingerprint density at radius 3 is 2.80 bits per heavy atom. The zero-order valence-electron chi connectivity index (χ0n) is 11.3. The maximum atomic E-state index is 11.5. The molecule has 3 N–H and O–H groups in total. The van der Waals surface area contributed by atoms with Crippen molar-refractivity contribution >= 4 is 11.9 Å². The molecule has 1 amide bonds. The van der Waals surface area contributed by atoms with E-state index in [1.807, 2.05) is 6.92 Å². The third kappa shape index (κ3) is 5.79. The summed E-state index contributed by atoms with van der Waals surface area (Å²) in [4.78, 5) is 25.9. The molecule has 0 aliphatic rings. The molecule has 20 heavy (non-hydrogen) atoms. The lowest BCUT2D eigenvalue weighted by Gasteiger charge is -2.06. The van der Waals surface area contributed by atoms with Crippen LogP contribution in [-0.4, -0.2) is 44.9 Å². The number of nitrogens with one attached hydrogen (secondary N) is 1. The Hall–Kier alpha value is -1.96. The molecule has 1 rings (SSSR count). The van der Waals surface area contributed by atoms with Gasteiger partial charge in [0.05, 0.1) is 0 Å². The van der Waals surface area contributed by atoms with Crippen LogP contribution in [0.2, 0.25) is 0 Å². The van der Waals surface area contributed by atoms with Gasteiger partial charge in [-0.2, -0.15) is 4.98 Å². The van der Waals surface area contributed by atoms with E-state index in [2.05, 4.69) is 15.5 Å². The van der Waals surface area contributed by atoms with Crippen LogP contribution in [0.15, 0.2) is 4.52 Å². The minimum atomic E-state index is -1.46. The molecule has 112 valence electrons. The van der Waals surface area contributed by atoms with Crippen LogP contribution in [-0.2, 0) is 22.4 Å². The van der Waals surface area contributed by atoms with Crippen LogP contribution in [0, 0.1) is 0 Å². The first-order valence-corrected chi connectivity index (χ1v) is 6.52. The lowest BCUT2D eigenvalue weighted by Crippen LogP contribution is -2.30. The second kappa shape index (κ2) is 8.26. The molecule has 8 nitrogen and oxygen atoms in total. The quantitative estimate of drug-likeness (QED) is 0.578. The molecule has 8 heteroatoms. The van der Waals surface area contributed by atoms with Crippen molar-refractivity contribution in [3.63, 3.8) is 0 Å². The second-order valence-electron chi connectivity index (χ2n) is 4.35. The summed E-state index contributed by atoms with van der Waals surface area (Å²) in [6, 6.07) is 0. The number of aliphatic hydroxyl groups is 1. The van der Waals surface area contributed by atoms with E-state index in [1.165, 1.54) is 0 Å². The van der Waals surface area contributed by atoms with Crippen LogP contribution in [0.25, 0.3) is 0 Å². The number of carboxylic acids is 1. The van der Waals surface area contributed by atoms with Crippen LogP contribution < -0.4 is 5.32 Å². The second-order valence-corrected chi connectivity index (χ2v) is 4.35. The molecule has 0 fully saturated rings. The maximum absolute atomic E-state index is 11.5. The van der Waals surface area contributed by atoms with Gasteiger partial charge in [-0.3, -0.25) is 4.79 Å². The average Bonchev–Trinajstić information content (AvgIpc) is 2.84. The van der Waals surface area contributed by atoms with Crippen molar-refractivity contribution in [1.82, 2.24) is 15.5 Å². The SMILES string of the molecule is CCCc1noc(CCC(=O)NCC[C@H](O)C(=O)O)n1. The molecule has 0 aliphatic heterocycles. The van der Waals surface area contributed by atoms with E-state index in [1.54, 1.807) is 0 Å². The van der Waals surface area contributed by atoms with Crippen molar-refractivity contribution in [3.05, 3.63) is 11.7 Å². The van der Waals surface area contributed by atoms with Gasteiger partial charge < -0.3 is 20.1 Å². The van der Waals surface area contributed by atoms with Gasteiger partial charge in [-0.05, 0) is 6.42 Å². The van der Waals surface area contributed by atoms with Crippen molar-refractivity contribution < 1.29 is 24.3 Å². The van der Waals surface area contributed by atoms with Crippen LogP contribution in [0.5, 0.6) is 0 Å². The fourth-order valence-electron chi connectivity index (χ4n) is 1.50. The van der Waals surface area contributed by atoms with E-state index < -0.39 is 12.1 Å². The number of aromatic nitrogens is 2. The summed E-state index contributed by atoms with van der Waals surface area (Å²) in [6.07, 6.45) is 0.694. The summed E-state index contributed by atoms with van der Waals surface area (Å²) < 4.78 is 4.98. The molecule has 1 aromatic heterocycles. The Balaban J connectivity index is 2.20. The van der Waals surface area contributed by atoms with E-state index in [-0.39, 0.29) is 25.3 Å². The van der Waals surface area contributed by atoms with E-state index in [4.69, 9.17) is 14.7 Å². The summed E-state index contributed by atoms with van der Waals surface area (Å²) in [5.41, 5.74) is 0. The van der Waals surface area contributed by atoms with Crippen molar-refractivity contribution in [2.24, 2.45) is 0 Å². The Labute approximate surface area is 116 Å². The number of hydrogen-bond donors (Lipinski definition) is 3. The van der Waals surface area contributed by atoms with E-state index in [0.717, 1.165) is 12.8 Å². The molecule has 0 spiro atoms. The lowest BCUT2D eigenvalue weighted by molar-refractivity contribution is -0.147. The Kier molecular flexibility index (Phi) is 6.65. The van der Waals surface area contributed by atoms with Gasteiger partial charge in [-0.25, -0.2) is 4.79 Å². The fourth-order valence-corrected chi connectivity index (χ4v) is 1.50. The molecule has 0 saturated carbocycles. The van der Waals surface area contributed by atoms with Gasteiger partial charge in [0.1, 0.15) is 0 Å². The molecule has 1 atom stereocenters. The van der Waals surface area contributed by atoms with Crippen molar-refractivity contribution in [2.45, 2.75) is 45.1 Å². The zero-order chi connectivity index (χ0) is 15.0. The fraction of sp³-hybridized carbons (Fsp3) is 0.667. The molecule has 0 saturated heterocycles. The zero-order valence-corrected chi connectivity index (χ0v) is 11.3. The minimum Gasteiger partial charge on any atom is -0.479 e. The Bertz CT molecular complexity index is 446. The molecule has 0 bridgehead atoms. The number of rotatable bonds is 9. The summed E-state index contributed by atoms with van der Waals surface area (Å²) >= 11 is 0. The maximum Gasteiger partial charge on any atom is 0.332 e. The standard InChI is InChI=1S/C12H19N3O5/c1-2-3-9-14-11(20-15-9)5-4-10(17)13-7-6-8(16)12(18)19/h8,16H,2-7H2,1H3,(H,13,17)(H,18,19)/t8-/m0/s1. The number of amides is 1. The molecule has 0 unspecified atom stereocenters.